The molecule has 0 aliphatic carbocycles. The van der Waals surface area contributed by atoms with Crippen LogP contribution in [0.5, 0.6) is 0 Å². The summed E-state index contributed by atoms with van der Waals surface area (Å²) in [5.41, 5.74) is 7.19. The molecule has 0 saturated carbocycles. The van der Waals surface area contributed by atoms with Gasteiger partial charge in [0, 0.05) is 30.8 Å². The minimum absolute atomic E-state index is 0.0471. The van der Waals surface area contributed by atoms with Crippen LogP contribution in [0.1, 0.15) is 24.0 Å². The maximum atomic E-state index is 7.40. The van der Waals surface area contributed by atoms with Gasteiger partial charge in [-0.15, -0.1) is 0 Å². The molecule has 1 unspecified atom stereocenters. The van der Waals surface area contributed by atoms with Gasteiger partial charge in [0.15, 0.2) is 0 Å². The minimum atomic E-state index is 0.0471. The summed E-state index contributed by atoms with van der Waals surface area (Å²) in [7, 11) is 1.77. The molecule has 19 heavy (non-hydrogen) atoms. The van der Waals surface area contributed by atoms with Crippen molar-refractivity contribution < 1.29 is 4.74 Å². The van der Waals surface area contributed by atoms with E-state index in [1.165, 1.54) is 0 Å². The third-order valence-electron chi connectivity index (χ3n) is 3.55. The van der Waals surface area contributed by atoms with Crippen LogP contribution in [0.2, 0.25) is 5.02 Å². The molecule has 1 atom stereocenters. The molecule has 1 aliphatic rings. The Morgan fingerprint density at radius 1 is 1.58 bits per heavy atom. The van der Waals surface area contributed by atoms with Crippen LogP contribution in [0, 0.1) is 5.41 Å². The molecular formula is C14H20ClN3O. The van der Waals surface area contributed by atoms with Gasteiger partial charge in [0.1, 0.15) is 5.84 Å². The number of nitrogen functional groups attached to an aromatic ring is 1. The average molecular weight is 282 g/mol. The number of halogens is 1. The van der Waals surface area contributed by atoms with Crippen molar-refractivity contribution in [2.45, 2.75) is 25.5 Å². The van der Waals surface area contributed by atoms with Crippen molar-refractivity contribution in [3.05, 3.63) is 34.3 Å². The van der Waals surface area contributed by atoms with Crippen LogP contribution in [-0.2, 0) is 11.3 Å². The second-order valence-corrected chi connectivity index (χ2v) is 5.36. The number of piperidine rings is 1. The first-order chi connectivity index (χ1) is 9.10. The fraction of sp³-hybridized carbons (Fsp3) is 0.500. The molecule has 0 bridgehead atoms. The topological polar surface area (TPSA) is 62.3 Å². The Morgan fingerprint density at radius 3 is 3.00 bits per heavy atom. The molecule has 1 heterocycles. The zero-order valence-corrected chi connectivity index (χ0v) is 11.9. The molecule has 1 aromatic carbocycles. The zero-order valence-electron chi connectivity index (χ0n) is 11.2. The fourth-order valence-corrected chi connectivity index (χ4v) is 2.67. The van der Waals surface area contributed by atoms with E-state index >= 15 is 0 Å². The van der Waals surface area contributed by atoms with Gasteiger partial charge in [-0.05, 0) is 31.0 Å². The monoisotopic (exact) mass is 281 g/mol. The Bertz CT molecular complexity index is 464. The lowest BCUT2D eigenvalue weighted by atomic mass is 10.1. The number of methoxy groups -OCH3 is 1. The summed E-state index contributed by atoms with van der Waals surface area (Å²) in [6, 6.07) is 5.56. The van der Waals surface area contributed by atoms with Crippen LogP contribution in [0.3, 0.4) is 0 Å². The SMILES string of the molecule is COC1CCCN(Cc2ccc(C(=N)N)cc2Cl)C1. The third-order valence-corrected chi connectivity index (χ3v) is 3.91. The number of nitrogens with one attached hydrogen (secondary N) is 1. The van der Waals surface area contributed by atoms with Crippen LogP contribution in [0.25, 0.3) is 0 Å². The first-order valence-corrected chi connectivity index (χ1v) is 6.86. The van der Waals surface area contributed by atoms with E-state index in [0.29, 0.717) is 16.7 Å². The van der Waals surface area contributed by atoms with Gasteiger partial charge in [0.05, 0.1) is 6.10 Å². The number of rotatable bonds is 4. The van der Waals surface area contributed by atoms with Crippen molar-refractivity contribution in [2.24, 2.45) is 5.73 Å². The molecule has 0 aromatic heterocycles. The van der Waals surface area contributed by atoms with Crippen molar-refractivity contribution in [1.29, 1.82) is 5.41 Å². The zero-order chi connectivity index (χ0) is 13.8. The standard InChI is InChI=1S/C14H20ClN3O/c1-19-12-3-2-6-18(9-12)8-11-5-4-10(14(16)17)7-13(11)15/h4-5,7,12H,2-3,6,8-9H2,1H3,(H3,16,17). The summed E-state index contributed by atoms with van der Waals surface area (Å²) in [4.78, 5) is 2.35. The quantitative estimate of drug-likeness (QED) is 0.657. The fourth-order valence-electron chi connectivity index (χ4n) is 2.43. The lowest BCUT2D eigenvalue weighted by Crippen LogP contribution is -2.38. The molecule has 1 aliphatic heterocycles. The number of nitrogens with zero attached hydrogens (tertiary/aromatic N) is 1. The maximum absolute atomic E-state index is 7.40. The highest BCUT2D eigenvalue weighted by Crippen LogP contribution is 2.22. The predicted molar refractivity (Wildman–Crippen MR) is 77.8 cm³/mol. The van der Waals surface area contributed by atoms with Gasteiger partial charge in [0.25, 0.3) is 0 Å². The number of ether oxygens (including phenoxy) is 1. The molecule has 1 aromatic rings. The van der Waals surface area contributed by atoms with E-state index in [1.807, 2.05) is 12.1 Å². The normalized spacial score (nSPS) is 20.4. The lowest BCUT2D eigenvalue weighted by molar-refractivity contribution is 0.0285. The van der Waals surface area contributed by atoms with Crippen LogP contribution < -0.4 is 5.73 Å². The number of amidine groups is 1. The Morgan fingerprint density at radius 2 is 2.37 bits per heavy atom. The minimum Gasteiger partial charge on any atom is -0.384 e. The Kier molecular flexibility index (Phi) is 4.80. The molecule has 1 saturated heterocycles. The van der Waals surface area contributed by atoms with Crippen molar-refractivity contribution in [1.82, 2.24) is 4.90 Å². The molecule has 104 valence electrons. The summed E-state index contributed by atoms with van der Waals surface area (Å²) in [6.45, 7) is 2.84. The van der Waals surface area contributed by atoms with Gasteiger partial charge in [-0.3, -0.25) is 10.3 Å². The summed E-state index contributed by atoms with van der Waals surface area (Å²) in [6.07, 6.45) is 2.61. The Hall–Kier alpha value is -1.10. The Balaban J connectivity index is 2.04. The number of hydrogen-bond donors (Lipinski definition) is 2. The van der Waals surface area contributed by atoms with Gasteiger partial charge in [0.2, 0.25) is 0 Å². The van der Waals surface area contributed by atoms with E-state index in [1.54, 1.807) is 13.2 Å². The molecule has 0 amide bonds. The van der Waals surface area contributed by atoms with Crippen LogP contribution in [0.15, 0.2) is 18.2 Å². The van der Waals surface area contributed by atoms with E-state index in [-0.39, 0.29) is 5.84 Å². The molecule has 5 heteroatoms. The van der Waals surface area contributed by atoms with Gasteiger partial charge >= 0.3 is 0 Å². The highest BCUT2D eigenvalue weighted by Gasteiger charge is 2.20. The van der Waals surface area contributed by atoms with Crippen molar-refractivity contribution in [2.75, 3.05) is 20.2 Å². The van der Waals surface area contributed by atoms with E-state index in [0.717, 1.165) is 38.0 Å². The first kappa shape index (κ1) is 14.3. The van der Waals surface area contributed by atoms with Crippen molar-refractivity contribution in [3.8, 4) is 0 Å². The van der Waals surface area contributed by atoms with Crippen LogP contribution in [-0.4, -0.2) is 37.0 Å². The molecule has 1 fully saturated rings. The molecular weight excluding hydrogens is 262 g/mol. The highest BCUT2D eigenvalue weighted by atomic mass is 35.5. The number of nitrogens with two attached hydrogens (primary N) is 1. The number of hydrogen-bond acceptors (Lipinski definition) is 3. The van der Waals surface area contributed by atoms with E-state index in [2.05, 4.69) is 4.90 Å². The second kappa shape index (κ2) is 6.37. The van der Waals surface area contributed by atoms with E-state index < -0.39 is 0 Å². The van der Waals surface area contributed by atoms with Gasteiger partial charge in [-0.2, -0.15) is 0 Å². The molecule has 0 radical (unpaired) electrons. The van der Waals surface area contributed by atoms with Crippen molar-refractivity contribution >= 4 is 17.4 Å². The first-order valence-electron chi connectivity index (χ1n) is 6.48. The van der Waals surface area contributed by atoms with Crippen LogP contribution in [0.4, 0.5) is 0 Å². The summed E-state index contributed by atoms with van der Waals surface area (Å²) in [5, 5.41) is 8.07. The van der Waals surface area contributed by atoms with E-state index in [9.17, 15) is 0 Å². The highest BCUT2D eigenvalue weighted by molar-refractivity contribution is 6.31. The third kappa shape index (κ3) is 3.69. The maximum Gasteiger partial charge on any atom is 0.122 e. The second-order valence-electron chi connectivity index (χ2n) is 4.95. The smallest absolute Gasteiger partial charge is 0.122 e. The summed E-state index contributed by atoms with van der Waals surface area (Å²) >= 11 is 6.25. The van der Waals surface area contributed by atoms with Gasteiger partial charge < -0.3 is 10.5 Å². The lowest BCUT2D eigenvalue weighted by Gasteiger charge is -2.32. The molecule has 2 rings (SSSR count). The van der Waals surface area contributed by atoms with Crippen molar-refractivity contribution in [3.63, 3.8) is 0 Å². The molecule has 4 nitrogen and oxygen atoms in total. The van der Waals surface area contributed by atoms with Gasteiger partial charge in [-0.25, -0.2) is 0 Å². The Labute approximate surface area is 119 Å². The van der Waals surface area contributed by atoms with Gasteiger partial charge in [-0.1, -0.05) is 23.7 Å². The van der Waals surface area contributed by atoms with E-state index in [4.69, 9.17) is 27.5 Å². The summed E-state index contributed by atoms with van der Waals surface area (Å²) in [5.74, 6) is 0.0471. The summed E-state index contributed by atoms with van der Waals surface area (Å²) < 4.78 is 5.42. The number of benzene rings is 1. The number of likely N-dealkylation sites (tertiary alicyclic amines) is 1. The molecule has 0 spiro atoms. The van der Waals surface area contributed by atoms with Crippen LogP contribution >= 0.6 is 11.6 Å². The predicted octanol–water partition coefficient (Wildman–Crippen LogP) is 2.23. The molecule has 3 N–H and O–H groups in total. The average Bonchev–Trinajstić information content (AvgIpc) is 2.41. The largest absolute Gasteiger partial charge is 0.384 e.